The van der Waals surface area contributed by atoms with Crippen LogP contribution < -0.4 is 0 Å². The van der Waals surface area contributed by atoms with Crippen molar-refractivity contribution in [2.24, 2.45) is 0 Å². The van der Waals surface area contributed by atoms with Crippen LogP contribution in [0.15, 0.2) is 0 Å². The van der Waals surface area contributed by atoms with Crippen LogP contribution in [0.25, 0.3) is 0 Å². The second-order valence-electron chi connectivity index (χ2n) is 2.61. The first-order chi connectivity index (χ1) is 7.24. The van der Waals surface area contributed by atoms with E-state index in [2.05, 4.69) is 14.2 Å². The summed E-state index contributed by atoms with van der Waals surface area (Å²) in [5, 5.41) is 0. The Morgan fingerprint density at radius 1 is 0.867 bits per heavy atom. The lowest BCUT2D eigenvalue weighted by atomic mass is 10.1. The van der Waals surface area contributed by atoms with Crippen molar-refractivity contribution in [2.45, 2.75) is 5.60 Å². The zero-order valence-corrected chi connectivity index (χ0v) is 8.21. The van der Waals surface area contributed by atoms with E-state index >= 15 is 0 Å². The fourth-order valence-corrected chi connectivity index (χ4v) is 0.859. The molecule has 0 fully saturated rings. The van der Waals surface area contributed by atoms with E-state index in [0.717, 1.165) is 0 Å². The van der Waals surface area contributed by atoms with Crippen molar-refractivity contribution >= 4 is 19.4 Å². The Morgan fingerprint density at radius 2 is 1.20 bits per heavy atom. The zero-order valence-electron chi connectivity index (χ0n) is 8.21. The van der Waals surface area contributed by atoms with Gasteiger partial charge in [-0.2, -0.15) is 0 Å². The van der Waals surface area contributed by atoms with Crippen molar-refractivity contribution in [3.63, 3.8) is 0 Å². The molecule has 0 aliphatic carbocycles. The van der Waals surface area contributed by atoms with Crippen LogP contribution in [0.3, 0.4) is 0 Å². The van der Waals surface area contributed by atoms with E-state index in [4.69, 9.17) is 4.74 Å². The molecule has 86 valence electrons. The molecule has 0 atom stereocenters. The lowest BCUT2D eigenvalue weighted by Gasteiger charge is -2.28. The first-order valence-electron chi connectivity index (χ1n) is 3.95. The molecule has 0 aromatic rings. The molecule has 0 bridgehead atoms. The Kier molecular flexibility index (Phi) is 6.90. The minimum absolute atomic E-state index is 0.186. The maximum atomic E-state index is 10.0. The number of methoxy groups -OCH3 is 1. The summed E-state index contributed by atoms with van der Waals surface area (Å²) in [7, 11) is 1.32. The van der Waals surface area contributed by atoms with Crippen molar-refractivity contribution < 1.29 is 33.3 Å². The summed E-state index contributed by atoms with van der Waals surface area (Å²) in [5.74, 6) is 0. The fourth-order valence-electron chi connectivity index (χ4n) is 0.859. The molecule has 0 radical (unpaired) electrons. The normalized spacial score (nSPS) is 10.2. The lowest BCUT2D eigenvalue weighted by molar-refractivity contribution is -0.166. The van der Waals surface area contributed by atoms with Crippen LogP contribution in [0.5, 0.6) is 0 Å². The van der Waals surface area contributed by atoms with E-state index in [1.165, 1.54) is 7.11 Å². The highest BCUT2D eigenvalue weighted by atomic mass is 16.6. The molecule has 0 N–H and O–H groups in total. The molecule has 0 amide bonds. The molecule has 15 heavy (non-hydrogen) atoms. The summed E-state index contributed by atoms with van der Waals surface area (Å²) in [6.45, 7) is 0.0960. The standard InChI is InChI=1S/C8H12O7/c1-12-8(2-13-5-9,3-14-6-10)4-15-7-11/h5-7H,2-4H2,1H3. The smallest absolute Gasteiger partial charge is 0.293 e. The number of carbonyl (C=O) groups excluding carboxylic acids is 3. The molecule has 0 aromatic heterocycles. The van der Waals surface area contributed by atoms with Gasteiger partial charge in [-0.15, -0.1) is 0 Å². The van der Waals surface area contributed by atoms with Crippen LogP contribution in [-0.4, -0.2) is 51.9 Å². The van der Waals surface area contributed by atoms with E-state index < -0.39 is 5.60 Å². The van der Waals surface area contributed by atoms with Crippen LogP contribution in [-0.2, 0) is 33.3 Å². The Morgan fingerprint density at radius 3 is 1.40 bits per heavy atom. The van der Waals surface area contributed by atoms with Gasteiger partial charge in [0.25, 0.3) is 19.4 Å². The SMILES string of the molecule is COC(COC=O)(COC=O)COC=O. The van der Waals surface area contributed by atoms with Gasteiger partial charge in [-0.1, -0.05) is 0 Å². The highest BCUT2D eigenvalue weighted by Crippen LogP contribution is 2.11. The molecule has 0 unspecified atom stereocenters. The second kappa shape index (κ2) is 7.74. The minimum atomic E-state index is -1.16. The predicted octanol–water partition coefficient (Wildman–Crippen LogP) is -1.11. The maximum absolute atomic E-state index is 10.0. The van der Waals surface area contributed by atoms with Crippen molar-refractivity contribution in [1.82, 2.24) is 0 Å². The van der Waals surface area contributed by atoms with Crippen molar-refractivity contribution in [3.8, 4) is 0 Å². The summed E-state index contributed by atoms with van der Waals surface area (Å²) < 4.78 is 18.5. The van der Waals surface area contributed by atoms with Gasteiger partial charge in [-0.25, -0.2) is 0 Å². The first kappa shape index (κ1) is 13.4. The molecule has 0 aromatic carbocycles. The number of ether oxygens (including phenoxy) is 4. The molecule has 0 aliphatic heterocycles. The first-order valence-corrected chi connectivity index (χ1v) is 3.95. The maximum Gasteiger partial charge on any atom is 0.293 e. The van der Waals surface area contributed by atoms with Gasteiger partial charge in [0, 0.05) is 7.11 Å². The Balaban J connectivity index is 4.34. The molecule has 0 spiro atoms. The summed E-state index contributed by atoms with van der Waals surface area (Å²) in [6.07, 6.45) is 0. The number of hydrogen-bond donors (Lipinski definition) is 0. The fraction of sp³-hybridized carbons (Fsp3) is 0.625. The van der Waals surface area contributed by atoms with Crippen LogP contribution in [0, 0.1) is 0 Å². The van der Waals surface area contributed by atoms with Crippen molar-refractivity contribution in [3.05, 3.63) is 0 Å². The van der Waals surface area contributed by atoms with E-state index in [1.54, 1.807) is 0 Å². The average Bonchev–Trinajstić information content (AvgIpc) is 2.29. The predicted molar refractivity (Wildman–Crippen MR) is 45.8 cm³/mol. The van der Waals surface area contributed by atoms with Crippen LogP contribution in [0.2, 0.25) is 0 Å². The molecule has 0 aliphatic rings. The van der Waals surface area contributed by atoms with Gasteiger partial charge < -0.3 is 18.9 Å². The van der Waals surface area contributed by atoms with Crippen LogP contribution in [0.1, 0.15) is 0 Å². The topological polar surface area (TPSA) is 88.1 Å². The molecule has 0 saturated heterocycles. The van der Waals surface area contributed by atoms with Gasteiger partial charge in [-0.05, 0) is 0 Å². The Labute approximate surface area is 86.2 Å². The number of hydrogen-bond acceptors (Lipinski definition) is 7. The summed E-state index contributed by atoms with van der Waals surface area (Å²) in [5.41, 5.74) is -1.16. The quantitative estimate of drug-likeness (QED) is 0.340. The van der Waals surface area contributed by atoms with E-state index in [1.807, 2.05) is 0 Å². The van der Waals surface area contributed by atoms with E-state index in [-0.39, 0.29) is 39.2 Å². The van der Waals surface area contributed by atoms with E-state index in [0.29, 0.717) is 0 Å². The molecule has 0 heterocycles. The molecular weight excluding hydrogens is 208 g/mol. The highest BCUT2D eigenvalue weighted by Gasteiger charge is 2.33. The zero-order chi connectivity index (χ0) is 11.6. The third-order valence-electron chi connectivity index (χ3n) is 1.68. The lowest BCUT2D eigenvalue weighted by Crippen LogP contribution is -2.46. The van der Waals surface area contributed by atoms with Gasteiger partial charge in [0.15, 0.2) is 5.60 Å². The van der Waals surface area contributed by atoms with Crippen molar-refractivity contribution in [2.75, 3.05) is 26.9 Å². The molecule has 7 nitrogen and oxygen atoms in total. The van der Waals surface area contributed by atoms with Gasteiger partial charge >= 0.3 is 0 Å². The minimum Gasteiger partial charge on any atom is -0.465 e. The molecule has 7 heteroatoms. The Bertz CT molecular complexity index is 172. The summed E-state index contributed by atoms with van der Waals surface area (Å²) in [4.78, 5) is 30.0. The average molecular weight is 220 g/mol. The molecule has 0 saturated carbocycles. The monoisotopic (exact) mass is 220 g/mol. The van der Waals surface area contributed by atoms with Gasteiger partial charge in [0.05, 0.1) is 0 Å². The van der Waals surface area contributed by atoms with Crippen LogP contribution in [0.4, 0.5) is 0 Å². The number of carbonyl (C=O) groups is 3. The van der Waals surface area contributed by atoms with E-state index in [9.17, 15) is 14.4 Å². The Hall–Kier alpha value is -1.63. The van der Waals surface area contributed by atoms with Crippen molar-refractivity contribution in [1.29, 1.82) is 0 Å². The van der Waals surface area contributed by atoms with Crippen LogP contribution >= 0.6 is 0 Å². The largest absolute Gasteiger partial charge is 0.465 e. The molecule has 0 rings (SSSR count). The molecular formula is C8H12O7. The third-order valence-corrected chi connectivity index (χ3v) is 1.68. The van der Waals surface area contributed by atoms with Gasteiger partial charge in [-0.3, -0.25) is 14.4 Å². The van der Waals surface area contributed by atoms with Gasteiger partial charge in [0.1, 0.15) is 19.8 Å². The summed E-state index contributed by atoms with van der Waals surface area (Å²) in [6, 6.07) is 0. The number of rotatable bonds is 10. The second-order valence-corrected chi connectivity index (χ2v) is 2.61. The summed E-state index contributed by atoms with van der Waals surface area (Å²) >= 11 is 0. The highest BCUT2D eigenvalue weighted by molar-refractivity contribution is 5.39. The van der Waals surface area contributed by atoms with Gasteiger partial charge in [0.2, 0.25) is 0 Å². The third kappa shape index (κ3) is 4.96.